The maximum atomic E-state index is 10.1. The van der Waals surface area contributed by atoms with Gasteiger partial charge in [-0.25, -0.2) is 0 Å². The number of pyridine rings is 1. The van der Waals surface area contributed by atoms with E-state index in [1.54, 1.807) is 6.20 Å². The summed E-state index contributed by atoms with van der Waals surface area (Å²) in [5, 5.41) is 12.3. The Bertz CT molecular complexity index is 474. The van der Waals surface area contributed by atoms with Gasteiger partial charge in [0.1, 0.15) is 0 Å². The molecule has 0 aliphatic heterocycles. The van der Waals surface area contributed by atoms with Gasteiger partial charge in [-0.2, -0.15) is 0 Å². The highest BCUT2D eigenvalue weighted by Gasteiger charge is 2.13. The second-order valence-electron chi connectivity index (χ2n) is 4.56. The Balaban J connectivity index is 2.44. The van der Waals surface area contributed by atoms with E-state index in [4.69, 9.17) is 0 Å². The van der Waals surface area contributed by atoms with Gasteiger partial charge in [0, 0.05) is 11.6 Å². The van der Waals surface area contributed by atoms with Gasteiger partial charge in [0.15, 0.2) is 0 Å². The lowest BCUT2D eigenvalue weighted by Gasteiger charge is -2.14. The van der Waals surface area contributed by atoms with Crippen molar-refractivity contribution < 1.29 is 5.11 Å². The smallest absolute Gasteiger partial charge is 0.0968 e. The zero-order chi connectivity index (χ0) is 11.5. The molecule has 1 aromatic carbocycles. The van der Waals surface area contributed by atoms with Crippen molar-refractivity contribution >= 4 is 10.8 Å². The average Bonchev–Trinajstić information content (AvgIpc) is 2.27. The molecule has 84 valence electrons. The number of aromatic nitrogens is 1. The van der Waals surface area contributed by atoms with E-state index in [1.165, 1.54) is 0 Å². The molecule has 0 saturated carbocycles. The number of hydrogen-bond acceptors (Lipinski definition) is 2. The number of nitrogens with zero attached hydrogens (tertiary/aromatic N) is 1. The molecule has 1 aromatic heterocycles. The zero-order valence-corrected chi connectivity index (χ0v) is 9.72. The van der Waals surface area contributed by atoms with Crippen LogP contribution in [0.15, 0.2) is 36.5 Å². The molecule has 0 bridgehead atoms. The topological polar surface area (TPSA) is 33.1 Å². The van der Waals surface area contributed by atoms with E-state index in [0.29, 0.717) is 5.92 Å². The molecule has 0 fully saturated rings. The Kier molecular flexibility index (Phi) is 3.20. The van der Waals surface area contributed by atoms with E-state index < -0.39 is 6.10 Å². The normalized spacial score (nSPS) is 13.2. The molecule has 0 amide bonds. The molecule has 2 heteroatoms. The third kappa shape index (κ3) is 2.22. The quantitative estimate of drug-likeness (QED) is 0.852. The van der Waals surface area contributed by atoms with Crippen molar-refractivity contribution in [1.29, 1.82) is 0 Å². The van der Waals surface area contributed by atoms with Crippen LogP contribution >= 0.6 is 0 Å². The van der Waals surface area contributed by atoms with E-state index >= 15 is 0 Å². The maximum absolute atomic E-state index is 10.1. The van der Waals surface area contributed by atoms with E-state index in [1.807, 2.05) is 30.3 Å². The summed E-state index contributed by atoms with van der Waals surface area (Å²) in [6, 6.07) is 10.0. The van der Waals surface area contributed by atoms with E-state index in [2.05, 4.69) is 18.8 Å². The number of aliphatic hydroxyl groups excluding tert-OH is 1. The van der Waals surface area contributed by atoms with Crippen LogP contribution in [0, 0.1) is 5.92 Å². The fraction of sp³-hybridized carbons (Fsp3) is 0.357. The molecule has 2 aromatic rings. The van der Waals surface area contributed by atoms with Crippen molar-refractivity contribution in [3.05, 3.63) is 42.2 Å². The standard InChI is InChI=1S/C14H17NO/c1-10(2)9-13(16)14-12-6-4-3-5-11(12)7-8-15-14/h3-8,10,13,16H,9H2,1-2H3. The van der Waals surface area contributed by atoms with E-state index in [-0.39, 0.29) is 0 Å². The highest BCUT2D eigenvalue weighted by molar-refractivity contribution is 5.84. The molecule has 2 nitrogen and oxygen atoms in total. The average molecular weight is 215 g/mol. The van der Waals surface area contributed by atoms with Gasteiger partial charge in [-0.1, -0.05) is 38.1 Å². The summed E-state index contributed by atoms with van der Waals surface area (Å²) in [6.07, 6.45) is 2.05. The summed E-state index contributed by atoms with van der Waals surface area (Å²) in [5.74, 6) is 0.468. The first kappa shape index (κ1) is 11.1. The Hall–Kier alpha value is -1.41. The first-order chi connectivity index (χ1) is 7.68. The number of benzene rings is 1. The Morgan fingerprint density at radius 2 is 1.94 bits per heavy atom. The molecule has 0 aliphatic carbocycles. The second-order valence-corrected chi connectivity index (χ2v) is 4.56. The summed E-state index contributed by atoms with van der Waals surface area (Å²) < 4.78 is 0. The van der Waals surface area contributed by atoms with Crippen LogP contribution in [0.5, 0.6) is 0 Å². The van der Waals surface area contributed by atoms with Gasteiger partial charge in [-0.15, -0.1) is 0 Å². The molecule has 0 spiro atoms. The van der Waals surface area contributed by atoms with Crippen LogP contribution in [-0.4, -0.2) is 10.1 Å². The van der Waals surface area contributed by atoms with Gasteiger partial charge >= 0.3 is 0 Å². The first-order valence-corrected chi connectivity index (χ1v) is 5.70. The lowest BCUT2D eigenvalue weighted by atomic mass is 9.99. The predicted molar refractivity (Wildman–Crippen MR) is 66.2 cm³/mol. The van der Waals surface area contributed by atoms with Crippen molar-refractivity contribution in [3.8, 4) is 0 Å². The summed E-state index contributed by atoms with van der Waals surface area (Å²) >= 11 is 0. The van der Waals surface area contributed by atoms with Crippen LogP contribution in [0.4, 0.5) is 0 Å². The van der Waals surface area contributed by atoms with Gasteiger partial charge in [0.2, 0.25) is 0 Å². The highest BCUT2D eigenvalue weighted by Crippen LogP contribution is 2.26. The fourth-order valence-electron chi connectivity index (χ4n) is 1.97. The van der Waals surface area contributed by atoms with Crippen LogP contribution in [0.2, 0.25) is 0 Å². The molecule has 1 unspecified atom stereocenters. The van der Waals surface area contributed by atoms with Crippen LogP contribution in [0.1, 0.15) is 32.1 Å². The molecular weight excluding hydrogens is 198 g/mol. The largest absolute Gasteiger partial charge is 0.387 e. The number of rotatable bonds is 3. The molecule has 1 heterocycles. The fourth-order valence-corrected chi connectivity index (χ4v) is 1.97. The zero-order valence-electron chi connectivity index (χ0n) is 9.72. The van der Waals surface area contributed by atoms with Crippen molar-refractivity contribution in [2.75, 3.05) is 0 Å². The van der Waals surface area contributed by atoms with Crippen molar-refractivity contribution in [2.45, 2.75) is 26.4 Å². The predicted octanol–water partition coefficient (Wildman–Crippen LogP) is 3.31. The van der Waals surface area contributed by atoms with E-state index in [0.717, 1.165) is 22.9 Å². The van der Waals surface area contributed by atoms with Crippen LogP contribution in [0.25, 0.3) is 10.8 Å². The van der Waals surface area contributed by atoms with Gasteiger partial charge < -0.3 is 5.11 Å². The molecule has 0 saturated heterocycles. The molecule has 1 N–H and O–H groups in total. The monoisotopic (exact) mass is 215 g/mol. The maximum Gasteiger partial charge on any atom is 0.0968 e. The Labute approximate surface area is 96.0 Å². The molecule has 2 rings (SSSR count). The van der Waals surface area contributed by atoms with Crippen molar-refractivity contribution in [3.63, 3.8) is 0 Å². The van der Waals surface area contributed by atoms with Gasteiger partial charge in [-0.05, 0) is 23.8 Å². The molecule has 16 heavy (non-hydrogen) atoms. The minimum atomic E-state index is -0.467. The molecule has 1 atom stereocenters. The van der Waals surface area contributed by atoms with Crippen LogP contribution < -0.4 is 0 Å². The Morgan fingerprint density at radius 3 is 2.69 bits per heavy atom. The first-order valence-electron chi connectivity index (χ1n) is 5.70. The number of fused-ring (bicyclic) bond motifs is 1. The van der Waals surface area contributed by atoms with Gasteiger partial charge in [-0.3, -0.25) is 4.98 Å². The SMILES string of the molecule is CC(C)CC(O)c1nccc2ccccc12. The second kappa shape index (κ2) is 4.62. The van der Waals surface area contributed by atoms with Crippen LogP contribution in [0.3, 0.4) is 0 Å². The van der Waals surface area contributed by atoms with Gasteiger partial charge in [0.25, 0.3) is 0 Å². The summed E-state index contributed by atoms with van der Waals surface area (Å²) in [5.41, 5.74) is 0.798. The molecule has 0 radical (unpaired) electrons. The van der Waals surface area contributed by atoms with Gasteiger partial charge in [0.05, 0.1) is 11.8 Å². The lowest BCUT2D eigenvalue weighted by molar-refractivity contribution is 0.148. The molecular formula is C14H17NO. The third-order valence-corrected chi connectivity index (χ3v) is 2.71. The molecule has 0 aliphatic rings. The minimum absolute atomic E-state index is 0.467. The minimum Gasteiger partial charge on any atom is -0.387 e. The lowest BCUT2D eigenvalue weighted by Crippen LogP contribution is -2.04. The van der Waals surface area contributed by atoms with Crippen molar-refractivity contribution in [1.82, 2.24) is 4.98 Å². The summed E-state index contributed by atoms with van der Waals surface area (Å²) in [4.78, 5) is 4.31. The van der Waals surface area contributed by atoms with Crippen molar-refractivity contribution in [2.24, 2.45) is 5.92 Å². The van der Waals surface area contributed by atoms with Crippen LogP contribution in [-0.2, 0) is 0 Å². The Morgan fingerprint density at radius 1 is 1.19 bits per heavy atom. The summed E-state index contributed by atoms with van der Waals surface area (Å²) in [6.45, 7) is 4.21. The highest BCUT2D eigenvalue weighted by atomic mass is 16.3. The third-order valence-electron chi connectivity index (χ3n) is 2.71. The number of aliphatic hydroxyl groups is 1. The van der Waals surface area contributed by atoms with E-state index in [9.17, 15) is 5.11 Å². The summed E-state index contributed by atoms with van der Waals surface area (Å²) in [7, 11) is 0. The number of hydrogen-bond donors (Lipinski definition) is 1.